The van der Waals surface area contributed by atoms with E-state index in [0.29, 0.717) is 11.1 Å². The monoisotopic (exact) mass is 329 g/mol. The molecule has 0 saturated heterocycles. The molecule has 0 fully saturated rings. The average molecular weight is 329 g/mol. The van der Waals surface area contributed by atoms with Crippen LogP contribution in [0.25, 0.3) is 0 Å². The number of nitrogens with one attached hydrogen (secondary N) is 1. The number of hydrazone groups is 1. The van der Waals surface area contributed by atoms with Gasteiger partial charge in [-0.15, -0.1) is 0 Å². The molecule has 2 rings (SSSR count). The van der Waals surface area contributed by atoms with Crippen molar-refractivity contribution in [2.24, 2.45) is 5.10 Å². The van der Waals surface area contributed by atoms with Gasteiger partial charge in [0, 0.05) is 17.2 Å². The van der Waals surface area contributed by atoms with E-state index in [9.17, 15) is 20.0 Å². The van der Waals surface area contributed by atoms with Crippen molar-refractivity contribution in [1.82, 2.24) is 5.43 Å². The standard InChI is InChI=1S/C16H15N3O5/c1-10-7-12(4-5-13(10)19(22)23)16(21)18-17-9-11-3-6-14(20)15(8-11)24-2/h3-9,20H,1-2H3,(H,18,21)/b17-9+. The number of hydrogen-bond acceptors (Lipinski definition) is 6. The molecule has 0 bridgehead atoms. The number of aromatic hydroxyl groups is 1. The van der Waals surface area contributed by atoms with Gasteiger partial charge in [-0.3, -0.25) is 14.9 Å². The van der Waals surface area contributed by atoms with Crippen molar-refractivity contribution in [1.29, 1.82) is 0 Å². The van der Waals surface area contributed by atoms with Crippen LogP contribution in [0.5, 0.6) is 11.5 Å². The first-order valence-corrected chi connectivity index (χ1v) is 6.88. The van der Waals surface area contributed by atoms with Crippen LogP contribution in [0.3, 0.4) is 0 Å². The Morgan fingerprint density at radius 2 is 2.08 bits per heavy atom. The molecule has 0 unspecified atom stereocenters. The van der Waals surface area contributed by atoms with Crippen LogP contribution in [-0.2, 0) is 0 Å². The summed E-state index contributed by atoms with van der Waals surface area (Å²) in [4.78, 5) is 22.2. The number of aryl methyl sites for hydroxylation is 1. The predicted octanol–water partition coefficient (Wildman–Crippen LogP) is 2.38. The van der Waals surface area contributed by atoms with Gasteiger partial charge < -0.3 is 9.84 Å². The van der Waals surface area contributed by atoms with Crippen molar-refractivity contribution in [3.63, 3.8) is 0 Å². The lowest BCUT2D eigenvalue weighted by atomic mass is 10.1. The quantitative estimate of drug-likeness (QED) is 0.496. The second kappa shape index (κ2) is 7.23. The lowest BCUT2D eigenvalue weighted by molar-refractivity contribution is -0.385. The van der Waals surface area contributed by atoms with Crippen LogP contribution in [0.15, 0.2) is 41.5 Å². The predicted molar refractivity (Wildman–Crippen MR) is 87.6 cm³/mol. The maximum Gasteiger partial charge on any atom is 0.272 e. The lowest BCUT2D eigenvalue weighted by Gasteiger charge is -2.04. The van der Waals surface area contributed by atoms with Crippen molar-refractivity contribution in [2.75, 3.05) is 7.11 Å². The molecule has 1 amide bonds. The number of nitro benzene ring substituents is 1. The molecule has 0 aliphatic rings. The van der Waals surface area contributed by atoms with E-state index in [-0.39, 0.29) is 22.7 Å². The first-order chi connectivity index (χ1) is 11.4. The third-order valence-electron chi connectivity index (χ3n) is 3.24. The number of rotatable bonds is 5. The first kappa shape index (κ1) is 16.9. The molecule has 0 saturated carbocycles. The van der Waals surface area contributed by atoms with Crippen molar-refractivity contribution in [2.45, 2.75) is 6.92 Å². The summed E-state index contributed by atoms with van der Waals surface area (Å²) in [6.45, 7) is 1.56. The van der Waals surface area contributed by atoms with Gasteiger partial charge in [-0.05, 0) is 42.8 Å². The summed E-state index contributed by atoms with van der Waals surface area (Å²) >= 11 is 0. The Morgan fingerprint density at radius 3 is 2.71 bits per heavy atom. The largest absolute Gasteiger partial charge is 0.504 e. The highest BCUT2D eigenvalue weighted by Crippen LogP contribution is 2.25. The van der Waals surface area contributed by atoms with Crippen molar-refractivity contribution in [3.05, 3.63) is 63.2 Å². The van der Waals surface area contributed by atoms with E-state index in [1.807, 2.05) is 0 Å². The average Bonchev–Trinajstić information content (AvgIpc) is 2.55. The molecular formula is C16H15N3O5. The molecule has 0 radical (unpaired) electrons. The Hall–Kier alpha value is -3.42. The fourth-order valence-electron chi connectivity index (χ4n) is 2.01. The van der Waals surface area contributed by atoms with Crippen molar-refractivity contribution >= 4 is 17.8 Å². The Labute approximate surface area is 137 Å². The Balaban J connectivity index is 2.07. The van der Waals surface area contributed by atoms with Gasteiger partial charge in [0.05, 0.1) is 18.2 Å². The minimum Gasteiger partial charge on any atom is -0.504 e. The molecule has 0 aromatic heterocycles. The van der Waals surface area contributed by atoms with Gasteiger partial charge in [-0.25, -0.2) is 5.43 Å². The SMILES string of the molecule is COc1cc(/C=N/NC(=O)c2ccc([N+](=O)[O-])c(C)c2)ccc1O. The maximum absolute atomic E-state index is 12.0. The zero-order valence-corrected chi connectivity index (χ0v) is 13.0. The molecule has 0 spiro atoms. The van der Waals surface area contributed by atoms with Crippen LogP contribution in [0.4, 0.5) is 5.69 Å². The molecule has 0 atom stereocenters. The van der Waals surface area contributed by atoms with Gasteiger partial charge in [-0.2, -0.15) is 5.10 Å². The van der Waals surface area contributed by atoms with E-state index >= 15 is 0 Å². The van der Waals surface area contributed by atoms with Gasteiger partial charge >= 0.3 is 0 Å². The van der Waals surface area contributed by atoms with Gasteiger partial charge in [0.25, 0.3) is 11.6 Å². The number of amides is 1. The van der Waals surface area contributed by atoms with Crippen molar-refractivity contribution < 1.29 is 19.6 Å². The first-order valence-electron chi connectivity index (χ1n) is 6.88. The molecule has 2 N–H and O–H groups in total. The molecule has 24 heavy (non-hydrogen) atoms. The number of carbonyl (C=O) groups is 1. The number of benzene rings is 2. The molecule has 2 aromatic rings. The van der Waals surface area contributed by atoms with Gasteiger partial charge in [0.1, 0.15) is 0 Å². The second-order valence-corrected chi connectivity index (χ2v) is 4.89. The molecule has 8 nitrogen and oxygen atoms in total. The van der Waals surface area contributed by atoms with E-state index < -0.39 is 10.8 Å². The Kier molecular flexibility index (Phi) is 5.10. The summed E-state index contributed by atoms with van der Waals surface area (Å²) in [5, 5.41) is 24.1. The third-order valence-corrected chi connectivity index (χ3v) is 3.24. The summed E-state index contributed by atoms with van der Waals surface area (Å²) in [6.07, 6.45) is 1.39. The fraction of sp³-hybridized carbons (Fsp3) is 0.125. The summed E-state index contributed by atoms with van der Waals surface area (Å²) in [6, 6.07) is 8.66. The summed E-state index contributed by atoms with van der Waals surface area (Å²) in [5.41, 5.74) is 3.55. The summed E-state index contributed by atoms with van der Waals surface area (Å²) in [7, 11) is 1.43. The van der Waals surface area contributed by atoms with E-state index in [0.717, 1.165) is 0 Å². The van der Waals surface area contributed by atoms with Gasteiger partial charge in [0.15, 0.2) is 11.5 Å². The fourth-order valence-corrected chi connectivity index (χ4v) is 2.01. The molecule has 8 heteroatoms. The zero-order valence-electron chi connectivity index (χ0n) is 13.0. The smallest absolute Gasteiger partial charge is 0.272 e. The number of hydrogen-bond donors (Lipinski definition) is 2. The minimum absolute atomic E-state index is 0.0000376. The Bertz CT molecular complexity index is 817. The normalized spacial score (nSPS) is 10.6. The third kappa shape index (κ3) is 3.86. The number of nitrogens with zero attached hydrogens (tertiary/aromatic N) is 2. The number of methoxy groups -OCH3 is 1. The van der Waals surface area contributed by atoms with Crippen LogP contribution >= 0.6 is 0 Å². The van der Waals surface area contributed by atoms with E-state index in [1.54, 1.807) is 19.1 Å². The van der Waals surface area contributed by atoms with E-state index in [2.05, 4.69) is 10.5 Å². The second-order valence-electron chi connectivity index (χ2n) is 4.89. The lowest BCUT2D eigenvalue weighted by Crippen LogP contribution is -2.17. The summed E-state index contributed by atoms with van der Waals surface area (Å²) < 4.78 is 4.97. The highest BCUT2D eigenvalue weighted by atomic mass is 16.6. The molecule has 0 aliphatic heterocycles. The van der Waals surface area contributed by atoms with Crippen LogP contribution in [0.2, 0.25) is 0 Å². The number of nitro groups is 1. The van der Waals surface area contributed by atoms with Crippen LogP contribution in [0.1, 0.15) is 21.5 Å². The van der Waals surface area contributed by atoms with E-state index in [1.165, 1.54) is 37.6 Å². The van der Waals surface area contributed by atoms with Gasteiger partial charge in [0.2, 0.25) is 0 Å². The Morgan fingerprint density at radius 1 is 1.33 bits per heavy atom. The van der Waals surface area contributed by atoms with Crippen LogP contribution < -0.4 is 10.2 Å². The highest BCUT2D eigenvalue weighted by molar-refractivity contribution is 5.95. The molecule has 124 valence electrons. The zero-order chi connectivity index (χ0) is 17.7. The maximum atomic E-state index is 12.0. The number of carbonyl (C=O) groups excluding carboxylic acids is 1. The molecule has 2 aromatic carbocycles. The van der Waals surface area contributed by atoms with Crippen molar-refractivity contribution in [3.8, 4) is 11.5 Å². The highest BCUT2D eigenvalue weighted by Gasteiger charge is 2.13. The minimum atomic E-state index is -0.507. The number of phenols is 1. The van der Waals surface area contributed by atoms with Crippen LogP contribution in [-0.4, -0.2) is 29.3 Å². The van der Waals surface area contributed by atoms with Crippen LogP contribution in [0, 0.1) is 17.0 Å². The number of phenolic OH excluding ortho intramolecular Hbond substituents is 1. The topological polar surface area (TPSA) is 114 Å². The molecular weight excluding hydrogens is 314 g/mol. The molecule has 0 aliphatic carbocycles. The molecule has 0 heterocycles. The van der Waals surface area contributed by atoms with Gasteiger partial charge in [-0.1, -0.05) is 0 Å². The van der Waals surface area contributed by atoms with E-state index in [4.69, 9.17) is 4.74 Å². The summed E-state index contributed by atoms with van der Waals surface area (Å²) in [5.74, 6) is -0.202. The number of ether oxygens (including phenoxy) is 1.